The third-order valence-corrected chi connectivity index (χ3v) is 2.11. The SMILES string of the molecule is CC(NC(=O)c1cc(N)ccn1)c1nn[nH]n1. The predicted octanol–water partition coefficient (Wildman–Crippen LogP) is -0.332. The normalized spacial score (nSPS) is 12.1. The van der Waals surface area contributed by atoms with Crippen LogP contribution >= 0.6 is 0 Å². The minimum absolute atomic E-state index is 0.250. The second kappa shape index (κ2) is 4.56. The van der Waals surface area contributed by atoms with Crippen LogP contribution in [0.2, 0.25) is 0 Å². The summed E-state index contributed by atoms with van der Waals surface area (Å²) in [7, 11) is 0. The lowest BCUT2D eigenvalue weighted by molar-refractivity contribution is 0.0933. The van der Waals surface area contributed by atoms with Crippen molar-refractivity contribution in [2.75, 3.05) is 5.73 Å². The molecule has 8 nitrogen and oxygen atoms in total. The summed E-state index contributed by atoms with van der Waals surface area (Å²) in [5.41, 5.74) is 6.30. The van der Waals surface area contributed by atoms with Gasteiger partial charge in [0.25, 0.3) is 5.91 Å². The number of hydrogen-bond acceptors (Lipinski definition) is 6. The highest BCUT2D eigenvalue weighted by Crippen LogP contribution is 2.07. The van der Waals surface area contributed by atoms with Gasteiger partial charge in [0, 0.05) is 11.9 Å². The van der Waals surface area contributed by atoms with Gasteiger partial charge in [0.2, 0.25) is 0 Å². The Hall–Kier alpha value is -2.51. The first-order chi connectivity index (χ1) is 8.16. The number of aromatic nitrogens is 5. The molecule has 2 heterocycles. The van der Waals surface area contributed by atoms with E-state index in [4.69, 9.17) is 5.73 Å². The number of carbonyl (C=O) groups excluding carboxylic acids is 1. The number of hydrogen-bond donors (Lipinski definition) is 3. The topological polar surface area (TPSA) is 122 Å². The molecule has 2 aromatic heterocycles. The number of nitrogens with one attached hydrogen (secondary N) is 2. The van der Waals surface area contributed by atoms with Crippen molar-refractivity contribution < 1.29 is 4.79 Å². The zero-order valence-electron chi connectivity index (χ0n) is 9.08. The maximum atomic E-state index is 11.8. The van der Waals surface area contributed by atoms with Crippen LogP contribution in [0.3, 0.4) is 0 Å². The molecule has 17 heavy (non-hydrogen) atoms. The zero-order chi connectivity index (χ0) is 12.3. The van der Waals surface area contributed by atoms with Crippen molar-refractivity contribution >= 4 is 11.6 Å². The number of carbonyl (C=O) groups is 1. The minimum Gasteiger partial charge on any atom is -0.399 e. The van der Waals surface area contributed by atoms with E-state index in [0.717, 1.165) is 0 Å². The lowest BCUT2D eigenvalue weighted by Crippen LogP contribution is -2.28. The van der Waals surface area contributed by atoms with Gasteiger partial charge < -0.3 is 11.1 Å². The smallest absolute Gasteiger partial charge is 0.270 e. The fourth-order valence-corrected chi connectivity index (χ4v) is 1.26. The van der Waals surface area contributed by atoms with Gasteiger partial charge in [0.05, 0.1) is 6.04 Å². The van der Waals surface area contributed by atoms with Gasteiger partial charge >= 0.3 is 0 Å². The van der Waals surface area contributed by atoms with E-state index < -0.39 is 0 Å². The van der Waals surface area contributed by atoms with Crippen LogP contribution < -0.4 is 11.1 Å². The van der Waals surface area contributed by atoms with E-state index in [9.17, 15) is 4.79 Å². The first-order valence-electron chi connectivity index (χ1n) is 4.92. The first kappa shape index (κ1) is 11.0. The third-order valence-electron chi connectivity index (χ3n) is 2.11. The van der Waals surface area contributed by atoms with Gasteiger partial charge in [-0.3, -0.25) is 9.78 Å². The molecule has 0 aliphatic carbocycles. The fourth-order valence-electron chi connectivity index (χ4n) is 1.26. The van der Waals surface area contributed by atoms with Crippen molar-refractivity contribution in [3.63, 3.8) is 0 Å². The van der Waals surface area contributed by atoms with Crippen LogP contribution in [0.4, 0.5) is 5.69 Å². The van der Waals surface area contributed by atoms with Crippen LogP contribution in [0.15, 0.2) is 18.3 Å². The number of H-pyrrole nitrogens is 1. The van der Waals surface area contributed by atoms with Crippen molar-refractivity contribution in [2.45, 2.75) is 13.0 Å². The zero-order valence-corrected chi connectivity index (χ0v) is 9.08. The van der Waals surface area contributed by atoms with Crippen molar-refractivity contribution in [2.24, 2.45) is 0 Å². The Labute approximate surface area is 96.6 Å². The summed E-state index contributed by atoms with van der Waals surface area (Å²) >= 11 is 0. The van der Waals surface area contributed by atoms with Gasteiger partial charge in [0.1, 0.15) is 5.69 Å². The van der Waals surface area contributed by atoms with Gasteiger partial charge in [0.15, 0.2) is 5.82 Å². The van der Waals surface area contributed by atoms with Crippen LogP contribution in [0.25, 0.3) is 0 Å². The first-order valence-corrected chi connectivity index (χ1v) is 4.92. The summed E-state index contributed by atoms with van der Waals surface area (Å²) in [6.45, 7) is 1.75. The molecule has 0 saturated heterocycles. The standard InChI is InChI=1S/C9H11N7O/c1-5(8-13-15-16-14-8)12-9(17)7-4-6(10)2-3-11-7/h2-5H,1H3,(H2,10,11)(H,12,17)(H,13,14,15,16). The Morgan fingerprint density at radius 2 is 2.41 bits per heavy atom. The molecule has 0 aliphatic rings. The number of pyridine rings is 1. The average molecular weight is 233 g/mol. The highest BCUT2D eigenvalue weighted by molar-refractivity contribution is 5.93. The van der Waals surface area contributed by atoms with Crippen LogP contribution in [-0.4, -0.2) is 31.5 Å². The molecular weight excluding hydrogens is 222 g/mol. The summed E-state index contributed by atoms with van der Waals surface area (Å²) in [5.74, 6) is 0.0665. The summed E-state index contributed by atoms with van der Waals surface area (Å²) in [6, 6.07) is 2.75. The molecule has 0 fully saturated rings. The maximum Gasteiger partial charge on any atom is 0.270 e. The highest BCUT2D eigenvalue weighted by atomic mass is 16.1. The number of amides is 1. The van der Waals surface area contributed by atoms with Gasteiger partial charge in [-0.15, -0.1) is 10.2 Å². The van der Waals surface area contributed by atoms with Gasteiger partial charge in [-0.1, -0.05) is 5.21 Å². The Morgan fingerprint density at radius 3 is 3.06 bits per heavy atom. The van der Waals surface area contributed by atoms with E-state index in [1.807, 2.05) is 0 Å². The van der Waals surface area contributed by atoms with Gasteiger partial charge in [-0.25, -0.2) is 0 Å². The lowest BCUT2D eigenvalue weighted by Gasteiger charge is -2.09. The summed E-state index contributed by atoms with van der Waals surface area (Å²) in [4.78, 5) is 15.7. The number of nitrogen functional groups attached to an aromatic ring is 1. The van der Waals surface area contributed by atoms with E-state index in [2.05, 4.69) is 30.9 Å². The molecule has 0 spiro atoms. The van der Waals surface area contributed by atoms with E-state index in [-0.39, 0.29) is 17.6 Å². The number of nitrogens with zero attached hydrogens (tertiary/aromatic N) is 4. The quantitative estimate of drug-likeness (QED) is 0.667. The third kappa shape index (κ3) is 2.54. The molecule has 88 valence electrons. The molecule has 0 aliphatic heterocycles. The monoisotopic (exact) mass is 233 g/mol. The number of tetrazole rings is 1. The van der Waals surface area contributed by atoms with E-state index in [0.29, 0.717) is 11.5 Å². The second-order valence-electron chi connectivity index (χ2n) is 3.44. The molecular formula is C9H11N7O. The fraction of sp³-hybridized carbons (Fsp3) is 0.222. The van der Waals surface area contributed by atoms with Crippen molar-refractivity contribution in [3.05, 3.63) is 29.8 Å². The Bertz CT molecular complexity index is 510. The molecule has 8 heteroatoms. The summed E-state index contributed by atoms with van der Waals surface area (Å²) in [5, 5.41) is 16.0. The average Bonchev–Trinajstić information content (AvgIpc) is 2.82. The highest BCUT2D eigenvalue weighted by Gasteiger charge is 2.15. The van der Waals surface area contributed by atoms with E-state index in [1.165, 1.54) is 12.3 Å². The second-order valence-corrected chi connectivity index (χ2v) is 3.44. The van der Waals surface area contributed by atoms with Crippen LogP contribution in [-0.2, 0) is 0 Å². The maximum absolute atomic E-state index is 11.8. The van der Waals surface area contributed by atoms with Crippen molar-refractivity contribution in [1.82, 2.24) is 30.9 Å². The summed E-state index contributed by atoms with van der Waals surface area (Å²) in [6.07, 6.45) is 1.48. The number of aromatic amines is 1. The van der Waals surface area contributed by atoms with Crippen LogP contribution in [0.1, 0.15) is 29.3 Å². The molecule has 1 unspecified atom stereocenters. The number of nitrogens with two attached hydrogens (primary N) is 1. The Balaban J connectivity index is 2.07. The van der Waals surface area contributed by atoms with Crippen molar-refractivity contribution in [3.8, 4) is 0 Å². The largest absolute Gasteiger partial charge is 0.399 e. The van der Waals surface area contributed by atoms with Crippen LogP contribution in [0.5, 0.6) is 0 Å². The molecule has 0 aromatic carbocycles. The lowest BCUT2D eigenvalue weighted by atomic mass is 10.2. The predicted molar refractivity (Wildman–Crippen MR) is 58.7 cm³/mol. The molecule has 2 aromatic rings. The molecule has 1 atom stereocenters. The Morgan fingerprint density at radius 1 is 1.59 bits per heavy atom. The number of anilines is 1. The van der Waals surface area contributed by atoms with Gasteiger partial charge in [-0.05, 0) is 19.1 Å². The molecule has 4 N–H and O–H groups in total. The summed E-state index contributed by atoms with van der Waals surface area (Å²) < 4.78 is 0. The minimum atomic E-state index is -0.357. The molecule has 0 saturated carbocycles. The van der Waals surface area contributed by atoms with E-state index in [1.54, 1.807) is 13.0 Å². The van der Waals surface area contributed by atoms with Gasteiger partial charge in [-0.2, -0.15) is 5.21 Å². The molecule has 0 radical (unpaired) electrons. The van der Waals surface area contributed by atoms with Crippen LogP contribution in [0, 0.1) is 0 Å². The molecule has 0 bridgehead atoms. The van der Waals surface area contributed by atoms with Crippen molar-refractivity contribution in [1.29, 1.82) is 0 Å². The number of rotatable bonds is 3. The Kier molecular flexibility index (Phi) is 2.95. The molecule has 1 amide bonds. The molecule has 2 rings (SSSR count). The van der Waals surface area contributed by atoms with E-state index >= 15 is 0 Å².